The van der Waals surface area contributed by atoms with Gasteiger partial charge < -0.3 is 10.2 Å². The fraction of sp³-hybridized carbons (Fsp3) is 0.440. The number of carbonyl (C=O) groups is 2. The van der Waals surface area contributed by atoms with Gasteiger partial charge in [-0.25, -0.2) is 8.42 Å². The second kappa shape index (κ2) is 12.2. The van der Waals surface area contributed by atoms with Gasteiger partial charge in [0.15, 0.2) is 0 Å². The van der Waals surface area contributed by atoms with E-state index in [9.17, 15) is 31.2 Å². The molecule has 2 aromatic rings. The molecule has 2 atom stereocenters. The number of anilines is 1. The summed E-state index contributed by atoms with van der Waals surface area (Å²) in [6.45, 7) is 6.17. The summed E-state index contributed by atoms with van der Waals surface area (Å²) in [5.41, 5.74) is 0.000127. The zero-order chi connectivity index (χ0) is 28.1. The van der Waals surface area contributed by atoms with Gasteiger partial charge >= 0.3 is 6.18 Å². The molecule has 0 unspecified atom stereocenters. The van der Waals surface area contributed by atoms with Crippen LogP contribution >= 0.6 is 11.6 Å². The fourth-order valence-corrected chi connectivity index (χ4v) is 4.65. The Morgan fingerprint density at radius 3 is 2.30 bits per heavy atom. The van der Waals surface area contributed by atoms with Crippen LogP contribution in [0.1, 0.15) is 43.9 Å². The number of alkyl halides is 3. The molecule has 2 aromatic carbocycles. The molecular weight excluding hydrogens is 531 g/mol. The minimum atomic E-state index is -4.76. The van der Waals surface area contributed by atoms with Crippen molar-refractivity contribution in [3.63, 3.8) is 0 Å². The van der Waals surface area contributed by atoms with Crippen LogP contribution < -0.4 is 9.62 Å². The van der Waals surface area contributed by atoms with Crippen molar-refractivity contribution < 1.29 is 31.2 Å². The van der Waals surface area contributed by atoms with E-state index >= 15 is 0 Å². The normalized spacial score (nSPS) is 13.5. The fourth-order valence-electron chi connectivity index (χ4n) is 3.53. The van der Waals surface area contributed by atoms with Crippen LogP contribution in [0, 0.1) is 6.92 Å². The molecule has 0 fully saturated rings. The third-order valence-corrected chi connectivity index (χ3v) is 7.27. The maximum Gasteiger partial charge on any atom is 0.416 e. The Morgan fingerprint density at radius 1 is 1.11 bits per heavy atom. The molecular formula is C25H31ClF3N3O4S. The first kappa shape index (κ1) is 30.4. The summed E-state index contributed by atoms with van der Waals surface area (Å²) in [5, 5.41) is 2.52. The molecule has 0 spiro atoms. The number of carbonyl (C=O) groups excluding carboxylic acids is 2. The lowest BCUT2D eigenvalue weighted by molar-refractivity contribution is -0.139. The standard InChI is InChI=1S/C25H31ClF3N3O4S/c1-6-17(3)30-24(34)18(4)31(14-19-9-7-8-16(2)12-19)23(33)15-32(37(5,35)36)22-13-20(25(27,28)29)10-11-21(22)26/h7-13,17-18H,6,14-15H2,1-5H3,(H,30,34)/t17-,18-/m0/s1. The highest BCUT2D eigenvalue weighted by molar-refractivity contribution is 7.92. The van der Waals surface area contributed by atoms with Gasteiger partial charge in [0.1, 0.15) is 12.6 Å². The van der Waals surface area contributed by atoms with Crippen LogP contribution in [0.3, 0.4) is 0 Å². The molecule has 37 heavy (non-hydrogen) atoms. The first-order valence-corrected chi connectivity index (χ1v) is 13.8. The summed E-state index contributed by atoms with van der Waals surface area (Å²) in [6.07, 6.45) is -3.34. The molecule has 0 radical (unpaired) electrons. The van der Waals surface area contributed by atoms with Crippen molar-refractivity contribution in [3.05, 3.63) is 64.2 Å². The lowest BCUT2D eigenvalue weighted by Gasteiger charge is -2.32. The zero-order valence-corrected chi connectivity index (χ0v) is 22.8. The molecule has 12 heteroatoms. The third-order valence-electron chi connectivity index (χ3n) is 5.83. The molecule has 0 heterocycles. The largest absolute Gasteiger partial charge is 0.416 e. The van der Waals surface area contributed by atoms with Crippen molar-refractivity contribution in [1.82, 2.24) is 10.2 Å². The van der Waals surface area contributed by atoms with Crippen molar-refractivity contribution in [2.75, 3.05) is 17.1 Å². The Hall–Kier alpha value is -2.79. The predicted molar refractivity (Wildman–Crippen MR) is 138 cm³/mol. The first-order valence-electron chi connectivity index (χ1n) is 11.5. The average molecular weight is 562 g/mol. The van der Waals surface area contributed by atoms with Crippen molar-refractivity contribution in [2.45, 2.75) is 58.9 Å². The third kappa shape index (κ3) is 8.36. The van der Waals surface area contributed by atoms with E-state index in [0.717, 1.165) is 24.0 Å². The Balaban J connectivity index is 2.50. The van der Waals surface area contributed by atoms with Gasteiger partial charge in [0, 0.05) is 12.6 Å². The molecule has 2 rings (SSSR count). The number of sulfonamides is 1. The summed E-state index contributed by atoms with van der Waals surface area (Å²) in [5.74, 6) is -1.23. The van der Waals surface area contributed by atoms with Crippen LogP contribution in [0.4, 0.5) is 18.9 Å². The molecule has 2 amide bonds. The van der Waals surface area contributed by atoms with E-state index in [1.54, 1.807) is 19.1 Å². The minimum absolute atomic E-state index is 0.0243. The highest BCUT2D eigenvalue weighted by Gasteiger charge is 2.34. The molecule has 0 aliphatic carbocycles. The molecule has 0 aliphatic heterocycles. The maximum atomic E-state index is 13.5. The number of benzene rings is 2. The van der Waals surface area contributed by atoms with Crippen molar-refractivity contribution >= 4 is 39.1 Å². The molecule has 0 saturated heterocycles. The highest BCUT2D eigenvalue weighted by Crippen LogP contribution is 2.36. The molecule has 0 aromatic heterocycles. The second-order valence-corrected chi connectivity index (χ2v) is 11.3. The molecule has 1 N–H and O–H groups in total. The second-order valence-electron chi connectivity index (χ2n) is 8.94. The SMILES string of the molecule is CC[C@H](C)NC(=O)[C@H](C)N(Cc1cccc(C)c1)C(=O)CN(c1cc(C(F)(F)F)ccc1Cl)S(C)(=O)=O. The van der Waals surface area contributed by atoms with Gasteiger partial charge in [0.25, 0.3) is 0 Å². The van der Waals surface area contributed by atoms with E-state index in [1.807, 2.05) is 26.0 Å². The molecule has 0 saturated carbocycles. The van der Waals surface area contributed by atoms with Crippen LogP contribution in [0.2, 0.25) is 5.02 Å². The van der Waals surface area contributed by atoms with Crippen LogP contribution in [-0.2, 0) is 32.3 Å². The topological polar surface area (TPSA) is 86.8 Å². The first-order chi connectivity index (χ1) is 17.0. The Bertz CT molecular complexity index is 1240. The van der Waals surface area contributed by atoms with Crippen LogP contribution in [0.5, 0.6) is 0 Å². The van der Waals surface area contributed by atoms with E-state index in [0.29, 0.717) is 22.4 Å². The number of hydrogen-bond donors (Lipinski definition) is 1. The number of rotatable bonds is 10. The van der Waals surface area contributed by atoms with Gasteiger partial charge in [-0.05, 0) is 51.0 Å². The maximum absolute atomic E-state index is 13.5. The van der Waals surface area contributed by atoms with E-state index < -0.39 is 51.9 Å². The van der Waals surface area contributed by atoms with Gasteiger partial charge in [-0.3, -0.25) is 13.9 Å². The number of nitrogens with one attached hydrogen (secondary N) is 1. The molecule has 204 valence electrons. The number of halogens is 4. The van der Waals surface area contributed by atoms with E-state index in [2.05, 4.69) is 5.32 Å². The summed E-state index contributed by atoms with van der Waals surface area (Å²) in [6, 6.07) is 8.28. The van der Waals surface area contributed by atoms with Crippen LogP contribution in [-0.4, -0.2) is 50.0 Å². The van der Waals surface area contributed by atoms with Crippen LogP contribution in [0.15, 0.2) is 42.5 Å². The summed E-state index contributed by atoms with van der Waals surface area (Å²) >= 11 is 6.08. The van der Waals surface area contributed by atoms with Crippen LogP contribution in [0.25, 0.3) is 0 Å². The van der Waals surface area contributed by atoms with Crippen molar-refractivity contribution in [3.8, 4) is 0 Å². The zero-order valence-electron chi connectivity index (χ0n) is 21.3. The molecule has 7 nitrogen and oxygen atoms in total. The van der Waals surface area contributed by atoms with Crippen molar-refractivity contribution in [1.29, 1.82) is 0 Å². The van der Waals surface area contributed by atoms with Gasteiger partial charge in [-0.2, -0.15) is 13.2 Å². The monoisotopic (exact) mass is 561 g/mol. The smallest absolute Gasteiger partial charge is 0.352 e. The average Bonchev–Trinajstić information content (AvgIpc) is 2.79. The summed E-state index contributed by atoms with van der Waals surface area (Å²) in [4.78, 5) is 27.6. The Morgan fingerprint density at radius 2 is 1.76 bits per heavy atom. The van der Waals surface area contributed by atoms with Gasteiger partial charge in [0.2, 0.25) is 21.8 Å². The van der Waals surface area contributed by atoms with E-state index in [4.69, 9.17) is 11.6 Å². The van der Waals surface area contributed by atoms with Gasteiger partial charge in [0.05, 0.1) is 22.5 Å². The predicted octanol–water partition coefficient (Wildman–Crippen LogP) is 4.77. The summed E-state index contributed by atoms with van der Waals surface area (Å²) < 4.78 is 65.8. The van der Waals surface area contributed by atoms with Gasteiger partial charge in [-0.15, -0.1) is 0 Å². The number of hydrogen-bond acceptors (Lipinski definition) is 4. The van der Waals surface area contributed by atoms with E-state index in [-0.39, 0.29) is 17.6 Å². The lowest BCUT2D eigenvalue weighted by atomic mass is 10.1. The number of amides is 2. The highest BCUT2D eigenvalue weighted by atomic mass is 35.5. The Kier molecular flexibility index (Phi) is 10.0. The quantitative estimate of drug-likeness (QED) is 0.453. The molecule has 0 bridgehead atoms. The van der Waals surface area contributed by atoms with Gasteiger partial charge in [-0.1, -0.05) is 48.4 Å². The lowest BCUT2D eigenvalue weighted by Crippen LogP contribution is -2.52. The molecule has 0 aliphatic rings. The number of nitrogens with zero attached hydrogens (tertiary/aromatic N) is 2. The van der Waals surface area contributed by atoms with Crippen molar-refractivity contribution in [2.24, 2.45) is 0 Å². The number of aryl methyl sites for hydroxylation is 1. The van der Waals surface area contributed by atoms with E-state index in [1.165, 1.54) is 11.8 Å². The minimum Gasteiger partial charge on any atom is -0.352 e. The summed E-state index contributed by atoms with van der Waals surface area (Å²) in [7, 11) is -4.25. The Labute approximate surface area is 220 Å².